The van der Waals surface area contributed by atoms with Crippen molar-refractivity contribution in [2.45, 2.75) is 0 Å². The van der Waals surface area contributed by atoms with E-state index in [1.54, 1.807) is 29.3 Å². The van der Waals surface area contributed by atoms with E-state index in [1.807, 2.05) is 24.3 Å². The summed E-state index contributed by atoms with van der Waals surface area (Å²) in [7, 11) is 4.70. The van der Waals surface area contributed by atoms with E-state index < -0.39 is 11.9 Å². The molecular formula is C21H25N3O4. The van der Waals surface area contributed by atoms with Gasteiger partial charge in [-0.1, -0.05) is 6.08 Å². The lowest BCUT2D eigenvalue weighted by Gasteiger charge is -2.34. The van der Waals surface area contributed by atoms with Crippen LogP contribution < -0.4 is 9.80 Å². The summed E-state index contributed by atoms with van der Waals surface area (Å²) in [6, 6.07) is 7.92. The van der Waals surface area contributed by atoms with Crippen LogP contribution in [0.15, 0.2) is 60.0 Å². The molecule has 2 aliphatic rings. The SMILES string of the molecule is COC(=O)C1=C(C(=O)OC)N(c2ccc(N3CCN(C)CC3)cc2)C=CC=C1. The van der Waals surface area contributed by atoms with Crippen molar-refractivity contribution in [1.29, 1.82) is 0 Å². The molecule has 0 aromatic heterocycles. The third kappa shape index (κ3) is 4.09. The number of carbonyl (C=O) groups excluding carboxylic acids is 2. The number of ether oxygens (including phenoxy) is 2. The number of rotatable bonds is 4. The second-order valence-corrected chi connectivity index (χ2v) is 6.62. The Morgan fingerprint density at radius 2 is 1.46 bits per heavy atom. The lowest BCUT2D eigenvalue weighted by molar-refractivity contribution is -0.139. The maximum atomic E-state index is 12.5. The van der Waals surface area contributed by atoms with Crippen molar-refractivity contribution in [2.75, 3.05) is 57.2 Å². The first-order valence-electron chi connectivity index (χ1n) is 9.13. The van der Waals surface area contributed by atoms with Gasteiger partial charge in [0.2, 0.25) is 0 Å². The third-order valence-corrected chi connectivity index (χ3v) is 4.89. The van der Waals surface area contributed by atoms with Crippen LogP contribution in [0, 0.1) is 0 Å². The number of methoxy groups -OCH3 is 2. The van der Waals surface area contributed by atoms with E-state index in [2.05, 4.69) is 16.8 Å². The van der Waals surface area contributed by atoms with Gasteiger partial charge >= 0.3 is 11.9 Å². The molecule has 0 N–H and O–H groups in total. The summed E-state index contributed by atoms with van der Waals surface area (Å²) >= 11 is 0. The van der Waals surface area contributed by atoms with Gasteiger partial charge in [0.05, 0.1) is 19.8 Å². The minimum Gasteiger partial charge on any atom is -0.465 e. The maximum Gasteiger partial charge on any atom is 0.355 e. The first kappa shape index (κ1) is 19.7. The number of piperazine rings is 1. The Hall–Kier alpha value is -3.06. The fourth-order valence-corrected chi connectivity index (χ4v) is 3.25. The molecule has 148 valence electrons. The molecule has 0 spiro atoms. The van der Waals surface area contributed by atoms with Crippen molar-refractivity contribution >= 4 is 23.3 Å². The van der Waals surface area contributed by atoms with E-state index in [4.69, 9.17) is 9.47 Å². The number of carbonyl (C=O) groups is 2. The van der Waals surface area contributed by atoms with Crippen molar-refractivity contribution in [3.63, 3.8) is 0 Å². The minimum atomic E-state index is -0.611. The lowest BCUT2D eigenvalue weighted by atomic mass is 10.1. The molecule has 28 heavy (non-hydrogen) atoms. The normalized spacial score (nSPS) is 17.5. The summed E-state index contributed by atoms with van der Waals surface area (Å²) in [6.07, 6.45) is 6.72. The van der Waals surface area contributed by atoms with Gasteiger partial charge in [-0.2, -0.15) is 0 Å². The average Bonchev–Trinajstić information content (AvgIpc) is 2.96. The molecule has 2 heterocycles. The van der Waals surface area contributed by atoms with Gasteiger partial charge in [-0.05, 0) is 43.5 Å². The zero-order chi connectivity index (χ0) is 20.1. The Balaban J connectivity index is 1.93. The Morgan fingerprint density at radius 3 is 2.07 bits per heavy atom. The molecule has 0 radical (unpaired) electrons. The van der Waals surface area contributed by atoms with Crippen LogP contribution in [0.25, 0.3) is 0 Å². The quantitative estimate of drug-likeness (QED) is 0.736. The smallest absolute Gasteiger partial charge is 0.355 e. The molecule has 7 nitrogen and oxygen atoms in total. The van der Waals surface area contributed by atoms with Crippen molar-refractivity contribution in [3.8, 4) is 0 Å². The third-order valence-electron chi connectivity index (χ3n) is 4.89. The molecule has 1 aromatic carbocycles. The summed E-state index contributed by atoms with van der Waals surface area (Å²) in [5.74, 6) is -1.21. The summed E-state index contributed by atoms with van der Waals surface area (Å²) in [5, 5.41) is 0. The van der Waals surface area contributed by atoms with Gasteiger partial charge in [0.15, 0.2) is 0 Å². The second-order valence-electron chi connectivity index (χ2n) is 6.62. The highest BCUT2D eigenvalue weighted by molar-refractivity contribution is 6.05. The fourth-order valence-electron chi connectivity index (χ4n) is 3.25. The number of benzene rings is 1. The predicted molar refractivity (Wildman–Crippen MR) is 108 cm³/mol. The van der Waals surface area contributed by atoms with Crippen LogP contribution in [-0.2, 0) is 19.1 Å². The number of anilines is 2. The van der Waals surface area contributed by atoms with E-state index in [0.717, 1.165) is 37.6 Å². The Bertz CT molecular complexity index is 819. The first-order valence-corrected chi connectivity index (χ1v) is 9.13. The van der Waals surface area contributed by atoms with Crippen LogP contribution >= 0.6 is 0 Å². The summed E-state index contributed by atoms with van der Waals surface area (Å²) in [4.78, 5) is 31.0. The van der Waals surface area contributed by atoms with E-state index in [-0.39, 0.29) is 11.3 Å². The van der Waals surface area contributed by atoms with Crippen LogP contribution in [0.1, 0.15) is 0 Å². The zero-order valence-electron chi connectivity index (χ0n) is 16.4. The van der Waals surface area contributed by atoms with Gasteiger partial charge < -0.3 is 24.2 Å². The van der Waals surface area contributed by atoms with Crippen LogP contribution in [0.4, 0.5) is 11.4 Å². The molecule has 0 atom stereocenters. The summed E-state index contributed by atoms with van der Waals surface area (Å²) in [5.41, 5.74) is 2.14. The highest BCUT2D eigenvalue weighted by Crippen LogP contribution is 2.28. The molecule has 1 saturated heterocycles. The van der Waals surface area contributed by atoms with E-state index in [0.29, 0.717) is 0 Å². The van der Waals surface area contributed by atoms with Gasteiger partial charge in [-0.15, -0.1) is 0 Å². The van der Waals surface area contributed by atoms with Gasteiger partial charge in [0, 0.05) is 43.8 Å². The highest BCUT2D eigenvalue weighted by atomic mass is 16.5. The molecule has 0 amide bonds. The molecule has 0 saturated carbocycles. The Labute approximate surface area is 165 Å². The number of hydrogen-bond acceptors (Lipinski definition) is 7. The molecule has 1 aromatic rings. The van der Waals surface area contributed by atoms with Gasteiger partial charge in [0.1, 0.15) is 5.70 Å². The van der Waals surface area contributed by atoms with Crippen molar-refractivity contribution in [3.05, 3.63) is 60.0 Å². The van der Waals surface area contributed by atoms with Crippen LogP contribution in [-0.4, -0.2) is 64.3 Å². The standard InChI is InChI=1S/C21H25N3O4/c1-22-12-14-23(15-13-22)16-7-9-17(10-8-16)24-11-5-4-6-18(20(25)27-2)19(24)21(26)28-3/h4-11H,12-15H2,1-3H3. The average molecular weight is 383 g/mol. The molecule has 1 fully saturated rings. The zero-order valence-corrected chi connectivity index (χ0v) is 16.4. The number of likely N-dealkylation sites (N-methyl/N-ethyl adjacent to an activating group) is 1. The number of nitrogens with zero attached hydrogens (tertiary/aromatic N) is 3. The number of allylic oxidation sites excluding steroid dienone is 2. The van der Waals surface area contributed by atoms with Crippen LogP contribution in [0.2, 0.25) is 0 Å². The van der Waals surface area contributed by atoms with Crippen molar-refractivity contribution < 1.29 is 19.1 Å². The van der Waals surface area contributed by atoms with E-state index in [1.165, 1.54) is 14.2 Å². The lowest BCUT2D eigenvalue weighted by Crippen LogP contribution is -2.44. The van der Waals surface area contributed by atoms with Gasteiger partial charge in [-0.3, -0.25) is 0 Å². The number of hydrogen-bond donors (Lipinski definition) is 0. The van der Waals surface area contributed by atoms with Crippen LogP contribution in [0.5, 0.6) is 0 Å². The fraction of sp³-hybridized carbons (Fsp3) is 0.333. The summed E-state index contributed by atoms with van der Waals surface area (Å²) < 4.78 is 9.76. The Morgan fingerprint density at radius 1 is 0.857 bits per heavy atom. The van der Waals surface area contributed by atoms with Crippen molar-refractivity contribution in [1.82, 2.24) is 4.90 Å². The molecular weight excluding hydrogens is 358 g/mol. The number of esters is 2. The van der Waals surface area contributed by atoms with Crippen molar-refractivity contribution in [2.24, 2.45) is 0 Å². The molecule has 0 aliphatic carbocycles. The monoisotopic (exact) mass is 383 g/mol. The summed E-state index contributed by atoms with van der Waals surface area (Å²) in [6.45, 7) is 4.01. The molecule has 7 heteroatoms. The molecule has 3 rings (SSSR count). The van der Waals surface area contributed by atoms with E-state index in [9.17, 15) is 9.59 Å². The first-order chi connectivity index (χ1) is 13.5. The molecule has 0 bridgehead atoms. The predicted octanol–water partition coefficient (Wildman–Crippen LogP) is 1.93. The van der Waals surface area contributed by atoms with Crippen LogP contribution in [0.3, 0.4) is 0 Å². The largest absolute Gasteiger partial charge is 0.465 e. The van der Waals surface area contributed by atoms with Gasteiger partial charge in [-0.25, -0.2) is 9.59 Å². The maximum absolute atomic E-state index is 12.5. The molecule has 0 unspecified atom stereocenters. The van der Waals surface area contributed by atoms with Gasteiger partial charge in [0.25, 0.3) is 0 Å². The minimum absolute atomic E-state index is 0.117. The Kier molecular flexibility index (Phi) is 6.16. The van der Waals surface area contributed by atoms with E-state index >= 15 is 0 Å². The second kappa shape index (κ2) is 8.75. The highest BCUT2D eigenvalue weighted by Gasteiger charge is 2.27. The topological polar surface area (TPSA) is 62.3 Å². The molecule has 2 aliphatic heterocycles.